The number of urea groups is 1. The van der Waals surface area contributed by atoms with E-state index in [0.29, 0.717) is 23.5 Å². The van der Waals surface area contributed by atoms with E-state index in [0.717, 1.165) is 23.9 Å². The van der Waals surface area contributed by atoms with Crippen LogP contribution in [-0.2, 0) is 4.74 Å². The summed E-state index contributed by atoms with van der Waals surface area (Å²) >= 11 is 0. The van der Waals surface area contributed by atoms with Gasteiger partial charge in [0.25, 0.3) is 0 Å². The highest BCUT2D eigenvalue weighted by Gasteiger charge is 2.14. The van der Waals surface area contributed by atoms with Crippen LogP contribution in [0.3, 0.4) is 0 Å². The standard InChI is InChI=1S/C19H20N4O3/c1-2-3-10-26-18(24)14-6-4-5-7-15(14)23-19(25)22-13-8-9-16-17(11-13)21-12-20-16/h4-9,11-12H,2-3,10H2,1H3,(H,20,21)(H2,22,23,25). The molecule has 0 saturated carbocycles. The average molecular weight is 352 g/mol. The quantitative estimate of drug-likeness (QED) is 0.458. The number of fused-ring (bicyclic) bond motifs is 1. The van der Waals surface area contributed by atoms with Crippen molar-refractivity contribution >= 4 is 34.4 Å². The number of benzene rings is 2. The van der Waals surface area contributed by atoms with Crippen LogP contribution in [0.2, 0.25) is 0 Å². The molecular weight excluding hydrogens is 332 g/mol. The van der Waals surface area contributed by atoms with Crippen LogP contribution in [0.1, 0.15) is 30.1 Å². The van der Waals surface area contributed by atoms with Gasteiger partial charge < -0.3 is 20.4 Å². The molecule has 134 valence electrons. The Hall–Kier alpha value is -3.35. The largest absolute Gasteiger partial charge is 0.462 e. The molecule has 0 aliphatic rings. The van der Waals surface area contributed by atoms with Gasteiger partial charge in [0, 0.05) is 5.69 Å². The third kappa shape index (κ3) is 4.18. The summed E-state index contributed by atoms with van der Waals surface area (Å²) in [4.78, 5) is 31.6. The molecule has 3 aromatic rings. The molecule has 3 N–H and O–H groups in total. The first-order valence-electron chi connectivity index (χ1n) is 8.44. The first kappa shape index (κ1) is 17.5. The van der Waals surface area contributed by atoms with Crippen LogP contribution in [0.4, 0.5) is 16.2 Å². The summed E-state index contributed by atoms with van der Waals surface area (Å²) in [6.45, 7) is 2.38. The number of amides is 2. The van der Waals surface area contributed by atoms with Crippen molar-refractivity contribution in [1.82, 2.24) is 9.97 Å². The summed E-state index contributed by atoms with van der Waals surface area (Å²) in [7, 11) is 0. The minimum Gasteiger partial charge on any atom is -0.462 e. The minimum atomic E-state index is -0.451. The maximum Gasteiger partial charge on any atom is 0.340 e. The lowest BCUT2D eigenvalue weighted by atomic mass is 10.2. The fourth-order valence-electron chi connectivity index (χ4n) is 2.46. The highest BCUT2D eigenvalue weighted by Crippen LogP contribution is 2.19. The fourth-order valence-corrected chi connectivity index (χ4v) is 2.46. The lowest BCUT2D eigenvalue weighted by molar-refractivity contribution is 0.0501. The molecule has 0 atom stereocenters. The first-order valence-corrected chi connectivity index (χ1v) is 8.44. The number of carbonyl (C=O) groups excluding carboxylic acids is 2. The predicted molar refractivity (Wildman–Crippen MR) is 100 cm³/mol. The van der Waals surface area contributed by atoms with Gasteiger partial charge in [0.1, 0.15) is 0 Å². The Bertz CT molecular complexity index is 920. The fraction of sp³-hybridized carbons (Fsp3) is 0.211. The smallest absolute Gasteiger partial charge is 0.340 e. The summed E-state index contributed by atoms with van der Waals surface area (Å²) in [5, 5.41) is 5.44. The van der Waals surface area contributed by atoms with E-state index < -0.39 is 12.0 Å². The maximum absolute atomic E-state index is 12.3. The first-order chi connectivity index (χ1) is 12.7. The van der Waals surface area contributed by atoms with Crippen molar-refractivity contribution in [2.75, 3.05) is 17.2 Å². The predicted octanol–water partition coefficient (Wildman–Crippen LogP) is 4.16. The number of nitrogens with one attached hydrogen (secondary N) is 3. The molecule has 3 rings (SSSR count). The Balaban J connectivity index is 1.67. The maximum atomic E-state index is 12.3. The number of carbonyl (C=O) groups is 2. The van der Waals surface area contributed by atoms with E-state index in [4.69, 9.17) is 4.74 Å². The van der Waals surface area contributed by atoms with E-state index in [1.807, 2.05) is 6.92 Å². The second kappa shape index (κ2) is 8.15. The SMILES string of the molecule is CCCCOC(=O)c1ccccc1NC(=O)Nc1ccc2nc[nH]c2c1. The normalized spacial score (nSPS) is 10.5. The van der Waals surface area contributed by atoms with Crippen LogP contribution in [-0.4, -0.2) is 28.6 Å². The second-order valence-electron chi connectivity index (χ2n) is 5.75. The van der Waals surface area contributed by atoms with Gasteiger partial charge in [-0.15, -0.1) is 0 Å². The van der Waals surface area contributed by atoms with Crippen LogP contribution in [0, 0.1) is 0 Å². The van der Waals surface area contributed by atoms with Gasteiger partial charge >= 0.3 is 12.0 Å². The number of rotatable bonds is 6. The van der Waals surface area contributed by atoms with Crippen molar-refractivity contribution in [2.24, 2.45) is 0 Å². The van der Waals surface area contributed by atoms with Crippen molar-refractivity contribution < 1.29 is 14.3 Å². The molecule has 26 heavy (non-hydrogen) atoms. The van der Waals surface area contributed by atoms with Crippen molar-refractivity contribution in [2.45, 2.75) is 19.8 Å². The number of hydrogen-bond donors (Lipinski definition) is 3. The molecule has 0 radical (unpaired) electrons. The van der Waals surface area contributed by atoms with Gasteiger partial charge in [-0.05, 0) is 36.8 Å². The number of esters is 1. The molecule has 0 spiro atoms. The molecule has 7 heteroatoms. The van der Waals surface area contributed by atoms with Crippen LogP contribution < -0.4 is 10.6 Å². The third-order valence-corrected chi connectivity index (χ3v) is 3.80. The summed E-state index contributed by atoms with van der Waals surface area (Å²) in [6.07, 6.45) is 3.34. The van der Waals surface area contributed by atoms with Crippen molar-refractivity contribution in [3.8, 4) is 0 Å². The highest BCUT2D eigenvalue weighted by molar-refractivity contribution is 6.05. The highest BCUT2D eigenvalue weighted by atomic mass is 16.5. The lowest BCUT2D eigenvalue weighted by Gasteiger charge is -2.12. The second-order valence-corrected chi connectivity index (χ2v) is 5.75. The number of nitrogens with zero attached hydrogens (tertiary/aromatic N) is 1. The number of aromatic nitrogens is 2. The molecule has 2 amide bonds. The zero-order valence-electron chi connectivity index (χ0n) is 14.4. The molecule has 7 nitrogen and oxygen atoms in total. The van der Waals surface area contributed by atoms with Gasteiger partial charge in [-0.25, -0.2) is 14.6 Å². The molecule has 1 heterocycles. The van der Waals surface area contributed by atoms with E-state index in [-0.39, 0.29) is 0 Å². The minimum absolute atomic E-state index is 0.322. The van der Waals surface area contributed by atoms with E-state index in [1.54, 1.807) is 48.8 Å². The number of imidazole rings is 1. The monoisotopic (exact) mass is 352 g/mol. The number of aromatic amines is 1. The van der Waals surface area contributed by atoms with Gasteiger partial charge in [-0.3, -0.25) is 0 Å². The molecule has 0 unspecified atom stereocenters. The zero-order valence-corrected chi connectivity index (χ0v) is 14.4. The average Bonchev–Trinajstić information content (AvgIpc) is 3.10. The molecule has 0 fully saturated rings. The Morgan fingerprint density at radius 1 is 1.15 bits per heavy atom. The van der Waals surface area contributed by atoms with Gasteiger partial charge in [0.15, 0.2) is 0 Å². The van der Waals surface area contributed by atoms with Crippen molar-refractivity contribution in [3.63, 3.8) is 0 Å². The van der Waals surface area contributed by atoms with Gasteiger partial charge in [-0.1, -0.05) is 25.5 Å². The van der Waals surface area contributed by atoms with Gasteiger partial charge in [-0.2, -0.15) is 0 Å². The summed E-state index contributed by atoms with van der Waals surface area (Å²) in [5.74, 6) is -0.451. The van der Waals surface area contributed by atoms with Gasteiger partial charge in [0.2, 0.25) is 0 Å². The van der Waals surface area contributed by atoms with E-state index in [1.165, 1.54) is 0 Å². The van der Waals surface area contributed by atoms with Gasteiger partial charge in [0.05, 0.1) is 35.2 Å². The molecule has 2 aromatic carbocycles. The summed E-state index contributed by atoms with van der Waals surface area (Å²) < 4.78 is 5.23. The molecule has 0 saturated heterocycles. The Morgan fingerprint density at radius 3 is 2.85 bits per heavy atom. The summed E-state index contributed by atoms with van der Waals surface area (Å²) in [6, 6.07) is 11.7. The Labute approximate surface area is 150 Å². The van der Waals surface area contributed by atoms with Crippen molar-refractivity contribution in [1.29, 1.82) is 0 Å². The lowest BCUT2D eigenvalue weighted by Crippen LogP contribution is -2.21. The molecular formula is C19H20N4O3. The van der Waals surface area contributed by atoms with Crippen LogP contribution in [0.5, 0.6) is 0 Å². The molecule has 0 aliphatic heterocycles. The number of hydrogen-bond acceptors (Lipinski definition) is 4. The van der Waals surface area contributed by atoms with Crippen LogP contribution >= 0.6 is 0 Å². The number of unbranched alkanes of at least 4 members (excludes halogenated alkanes) is 1. The number of para-hydroxylation sites is 1. The number of anilines is 2. The topological polar surface area (TPSA) is 96.1 Å². The van der Waals surface area contributed by atoms with Crippen LogP contribution in [0.15, 0.2) is 48.8 Å². The van der Waals surface area contributed by atoms with E-state index in [9.17, 15) is 9.59 Å². The Kier molecular flexibility index (Phi) is 5.48. The molecule has 0 bridgehead atoms. The molecule has 1 aromatic heterocycles. The summed E-state index contributed by atoms with van der Waals surface area (Å²) in [5.41, 5.74) is 2.97. The Morgan fingerprint density at radius 2 is 2.00 bits per heavy atom. The van der Waals surface area contributed by atoms with E-state index in [2.05, 4.69) is 20.6 Å². The number of ether oxygens (including phenoxy) is 1. The van der Waals surface area contributed by atoms with Crippen LogP contribution in [0.25, 0.3) is 11.0 Å². The third-order valence-electron chi connectivity index (χ3n) is 3.80. The van der Waals surface area contributed by atoms with E-state index >= 15 is 0 Å². The zero-order chi connectivity index (χ0) is 18.4. The van der Waals surface area contributed by atoms with Crippen molar-refractivity contribution in [3.05, 3.63) is 54.4 Å². The molecule has 0 aliphatic carbocycles. The number of H-pyrrole nitrogens is 1.